The molecule has 1 unspecified atom stereocenters. The van der Waals surface area contributed by atoms with Crippen LogP contribution >= 0.6 is 0 Å². The highest BCUT2D eigenvalue weighted by Gasteiger charge is 2.14. The van der Waals surface area contributed by atoms with Crippen molar-refractivity contribution in [1.29, 1.82) is 0 Å². The first kappa shape index (κ1) is 12.5. The monoisotopic (exact) mass is 243 g/mol. The maximum Gasteiger partial charge on any atom is 0.122 e. The fourth-order valence-corrected chi connectivity index (χ4v) is 2.03. The van der Waals surface area contributed by atoms with Crippen molar-refractivity contribution in [3.63, 3.8) is 0 Å². The zero-order valence-corrected chi connectivity index (χ0v) is 10.8. The van der Waals surface area contributed by atoms with Crippen LogP contribution in [0.3, 0.4) is 0 Å². The van der Waals surface area contributed by atoms with Crippen LogP contribution < -0.4 is 10.5 Å². The molecule has 1 aromatic carbocycles. The van der Waals surface area contributed by atoms with Crippen LogP contribution in [0.4, 0.5) is 0 Å². The average molecular weight is 243 g/mol. The van der Waals surface area contributed by atoms with Crippen LogP contribution in [0.1, 0.15) is 28.3 Å². The highest BCUT2D eigenvalue weighted by molar-refractivity contribution is 5.45. The van der Waals surface area contributed by atoms with E-state index in [4.69, 9.17) is 10.5 Å². The van der Waals surface area contributed by atoms with E-state index in [1.54, 1.807) is 19.5 Å². The summed E-state index contributed by atoms with van der Waals surface area (Å²) in [4.78, 5) is 0. The summed E-state index contributed by atoms with van der Waals surface area (Å²) in [5, 5.41) is 7.63. The molecular weight excluding hydrogens is 226 g/mol. The van der Waals surface area contributed by atoms with Crippen molar-refractivity contribution in [3.8, 4) is 5.75 Å². The van der Waals surface area contributed by atoms with E-state index >= 15 is 0 Å². The van der Waals surface area contributed by atoms with Crippen molar-refractivity contribution in [2.45, 2.75) is 19.9 Å². The lowest BCUT2D eigenvalue weighted by Gasteiger charge is -2.17. The second-order valence-electron chi connectivity index (χ2n) is 4.33. The van der Waals surface area contributed by atoms with E-state index in [2.05, 4.69) is 16.3 Å². The summed E-state index contributed by atoms with van der Waals surface area (Å²) < 4.78 is 5.30. The van der Waals surface area contributed by atoms with Gasteiger partial charge in [-0.25, -0.2) is 0 Å². The van der Waals surface area contributed by atoms with Gasteiger partial charge in [-0.05, 0) is 48.2 Å². The van der Waals surface area contributed by atoms with E-state index in [0.29, 0.717) is 0 Å². The van der Waals surface area contributed by atoms with Gasteiger partial charge in [-0.3, -0.25) is 0 Å². The van der Waals surface area contributed by atoms with E-state index < -0.39 is 0 Å². The second kappa shape index (κ2) is 5.14. The molecule has 1 heterocycles. The van der Waals surface area contributed by atoms with Gasteiger partial charge in [0.15, 0.2) is 0 Å². The first-order valence-corrected chi connectivity index (χ1v) is 5.80. The van der Waals surface area contributed by atoms with Crippen molar-refractivity contribution >= 4 is 0 Å². The average Bonchev–Trinajstić information content (AvgIpc) is 2.41. The molecule has 2 aromatic rings. The zero-order valence-electron chi connectivity index (χ0n) is 10.8. The number of aryl methyl sites for hydroxylation is 2. The molecule has 1 atom stereocenters. The van der Waals surface area contributed by atoms with Crippen molar-refractivity contribution in [3.05, 3.63) is 52.8 Å². The van der Waals surface area contributed by atoms with Gasteiger partial charge in [0.2, 0.25) is 0 Å². The van der Waals surface area contributed by atoms with Crippen LogP contribution in [-0.2, 0) is 0 Å². The molecular formula is C14H17N3O. The lowest BCUT2D eigenvalue weighted by molar-refractivity contribution is 0.411. The molecule has 0 saturated heterocycles. The van der Waals surface area contributed by atoms with E-state index in [0.717, 1.165) is 28.0 Å². The number of aromatic nitrogens is 2. The van der Waals surface area contributed by atoms with Crippen LogP contribution in [0, 0.1) is 13.8 Å². The Hall–Kier alpha value is -1.94. The summed E-state index contributed by atoms with van der Waals surface area (Å²) in [5.74, 6) is 0.885. The molecule has 0 spiro atoms. The molecule has 4 nitrogen and oxygen atoms in total. The third-order valence-electron chi connectivity index (χ3n) is 3.08. The van der Waals surface area contributed by atoms with E-state index in [1.807, 2.05) is 26.0 Å². The van der Waals surface area contributed by atoms with Crippen LogP contribution in [0.25, 0.3) is 0 Å². The van der Waals surface area contributed by atoms with Gasteiger partial charge < -0.3 is 10.5 Å². The molecule has 0 aliphatic rings. The third-order valence-corrected chi connectivity index (χ3v) is 3.08. The number of methoxy groups -OCH3 is 1. The lowest BCUT2D eigenvalue weighted by Crippen LogP contribution is -2.14. The number of benzene rings is 1. The van der Waals surface area contributed by atoms with Crippen molar-refractivity contribution in [2.24, 2.45) is 5.73 Å². The Kier molecular flexibility index (Phi) is 3.58. The minimum atomic E-state index is -0.190. The predicted molar refractivity (Wildman–Crippen MR) is 70.5 cm³/mol. The molecule has 2 N–H and O–H groups in total. The van der Waals surface area contributed by atoms with E-state index in [9.17, 15) is 0 Å². The number of hydrogen-bond acceptors (Lipinski definition) is 4. The Balaban J connectivity index is 2.43. The summed E-state index contributed by atoms with van der Waals surface area (Å²) in [5.41, 5.74) is 10.5. The topological polar surface area (TPSA) is 61.0 Å². The Morgan fingerprint density at radius 3 is 2.56 bits per heavy atom. The van der Waals surface area contributed by atoms with Crippen LogP contribution in [0.5, 0.6) is 5.75 Å². The second-order valence-corrected chi connectivity index (χ2v) is 4.33. The molecule has 0 aliphatic carbocycles. The Bertz CT molecular complexity index is 540. The van der Waals surface area contributed by atoms with Crippen molar-refractivity contribution in [1.82, 2.24) is 10.2 Å². The minimum Gasteiger partial charge on any atom is -0.496 e. The van der Waals surface area contributed by atoms with Gasteiger partial charge in [0, 0.05) is 6.20 Å². The fourth-order valence-electron chi connectivity index (χ4n) is 2.03. The standard InChI is InChI=1S/C14H17N3O/c1-9-7-13(18-3)10(2)6-12(9)14(15)11-4-5-16-17-8-11/h4-8,14H,15H2,1-3H3. The maximum atomic E-state index is 6.27. The van der Waals surface area contributed by atoms with Gasteiger partial charge in [0.1, 0.15) is 5.75 Å². The summed E-state index contributed by atoms with van der Waals surface area (Å²) >= 11 is 0. The first-order chi connectivity index (χ1) is 8.63. The van der Waals surface area contributed by atoms with Gasteiger partial charge in [-0.1, -0.05) is 6.07 Å². The van der Waals surface area contributed by atoms with Gasteiger partial charge in [-0.2, -0.15) is 10.2 Å². The number of hydrogen-bond donors (Lipinski definition) is 1. The van der Waals surface area contributed by atoms with E-state index in [-0.39, 0.29) is 6.04 Å². The largest absolute Gasteiger partial charge is 0.496 e. The molecule has 0 radical (unpaired) electrons. The van der Waals surface area contributed by atoms with Gasteiger partial charge in [0.25, 0.3) is 0 Å². The molecule has 2 rings (SSSR count). The van der Waals surface area contributed by atoms with Crippen molar-refractivity contribution in [2.75, 3.05) is 7.11 Å². The number of rotatable bonds is 3. The molecule has 18 heavy (non-hydrogen) atoms. The SMILES string of the molecule is COc1cc(C)c(C(N)c2ccnnc2)cc1C. The molecule has 0 aliphatic heterocycles. The zero-order chi connectivity index (χ0) is 13.1. The first-order valence-electron chi connectivity index (χ1n) is 5.80. The quantitative estimate of drug-likeness (QED) is 0.897. The molecule has 4 heteroatoms. The summed E-state index contributed by atoms with van der Waals surface area (Å²) in [6.07, 6.45) is 3.35. The highest BCUT2D eigenvalue weighted by Crippen LogP contribution is 2.28. The lowest BCUT2D eigenvalue weighted by atomic mass is 9.95. The predicted octanol–water partition coefficient (Wildman–Crippen LogP) is 2.15. The molecule has 0 bridgehead atoms. The minimum absolute atomic E-state index is 0.190. The molecule has 94 valence electrons. The number of ether oxygens (including phenoxy) is 1. The summed E-state index contributed by atoms with van der Waals surface area (Å²) in [6.45, 7) is 4.05. The Morgan fingerprint density at radius 1 is 1.17 bits per heavy atom. The van der Waals surface area contributed by atoms with Crippen LogP contribution in [0.2, 0.25) is 0 Å². The normalized spacial score (nSPS) is 12.2. The Labute approximate surface area is 107 Å². The van der Waals surface area contributed by atoms with Crippen molar-refractivity contribution < 1.29 is 4.74 Å². The van der Waals surface area contributed by atoms with E-state index in [1.165, 1.54) is 0 Å². The molecule has 0 saturated carbocycles. The molecule has 1 aromatic heterocycles. The highest BCUT2D eigenvalue weighted by atomic mass is 16.5. The van der Waals surface area contributed by atoms with Gasteiger partial charge in [0.05, 0.1) is 19.3 Å². The molecule has 0 amide bonds. The smallest absolute Gasteiger partial charge is 0.122 e. The maximum absolute atomic E-state index is 6.27. The number of nitrogens with two attached hydrogens (primary N) is 1. The summed E-state index contributed by atoms with van der Waals surface area (Å²) in [7, 11) is 1.67. The number of nitrogens with zero attached hydrogens (tertiary/aromatic N) is 2. The van der Waals surface area contributed by atoms with Gasteiger partial charge >= 0.3 is 0 Å². The van der Waals surface area contributed by atoms with Gasteiger partial charge in [-0.15, -0.1) is 0 Å². The van der Waals surface area contributed by atoms with Crippen LogP contribution in [-0.4, -0.2) is 17.3 Å². The third kappa shape index (κ3) is 2.33. The summed E-state index contributed by atoms with van der Waals surface area (Å²) in [6, 6.07) is 5.78. The van der Waals surface area contributed by atoms with Crippen LogP contribution in [0.15, 0.2) is 30.6 Å². The Morgan fingerprint density at radius 2 is 1.94 bits per heavy atom. The fraction of sp³-hybridized carbons (Fsp3) is 0.286. The molecule has 0 fully saturated rings.